The Morgan fingerprint density at radius 1 is 1.13 bits per heavy atom. The molecule has 0 spiro atoms. The summed E-state index contributed by atoms with van der Waals surface area (Å²) in [6.45, 7) is 5.23. The Kier molecular flexibility index (Phi) is 6.30. The molecule has 4 rings (SSSR count). The summed E-state index contributed by atoms with van der Waals surface area (Å²) in [4.78, 5) is 27.7. The number of hydrogen-bond acceptors (Lipinski definition) is 4. The SMILES string of the molecule is CC(C)c1ccc(C2C(=C(O)c3ccc(Br)cc3)C(=O)C(=O)N2CC2CCCO2)cc1. The zero-order valence-corrected chi connectivity index (χ0v) is 19.3. The predicted molar refractivity (Wildman–Crippen MR) is 123 cm³/mol. The lowest BCUT2D eigenvalue weighted by Gasteiger charge is -2.27. The van der Waals surface area contributed by atoms with E-state index in [2.05, 4.69) is 29.8 Å². The van der Waals surface area contributed by atoms with Crippen molar-refractivity contribution in [3.05, 3.63) is 75.3 Å². The molecule has 1 amide bonds. The summed E-state index contributed by atoms with van der Waals surface area (Å²) in [5.41, 5.74) is 2.61. The Hall–Kier alpha value is -2.44. The molecule has 2 unspecified atom stereocenters. The Morgan fingerprint density at radius 2 is 1.81 bits per heavy atom. The first-order valence-corrected chi connectivity index (χ1v) is 11.4. The molecule has 1 N–H and O–H groups in total. The highest BCUT2D eigenvalue weighted by atomic mass is 79.9. The fraction of sp³-hybridized carbons (Fsp3) is 0.360. The number of ether oxygens (including phenoxy) is 1. The summed E-state index contributed by atoms with van der Waals surface area (Å²) in [6, 6.07) is 14.3. The van der Waals surface area contributed by atoms with Gasteiger partial charge in [0.1, 0.15) is 5.76 Å². The van der Waals surface area contributed by atoms with Crippen LogP contribution in [-0.4, -0.2) is 41.0 Å². The van der Waals surface area contributed by atoms with Gasteiger partial charge in [0.2, 0.25) is 0 Å². The van der Waals surface area contributed by atoms with Crippen LogP contribution in [0.2, 0.25) is 0 Å². The second-order valence-electron chi connectivity index (χ2n) is 8.41. The molecule has 2 aromatic rings. The molecule has 0 aromatic heterocycles. The normalized spacial score (nSPS) is 23.2. The molecule has 0 bridgehead atoms. The van der Waals surface area contributed by atoms with Gasteiger partial charge in [-0.3, -0.25) is 9.59 Å². The van der Waals surface area contributed by atoms with Gasteiger partial charge in [-0.15, -0.1) is 0 Å². The molecule has 2 aliphatic rings. The van der Waals surface area contributed by atoms with Gasteiger partial charge in [0.25, 0.3) is 11.7 Å². The van der Waals surface area contributed by atoms with Crippen molar-refractivity contribution in [2.45, 2.75) is 44.8 Å². The van der Waals surface area contributed by atoms with Crippen molar-refractivity contribution < 1.29 is 19.4 Å². The minimum Gasteiger partial charge on any atom is -0.507 e. The number of rotatable bonds is 5. The lowest BCUT2D eigenvalue weighted by atomic mass is 9.93. The van der Waals surface area contributed by atoms with Crippen molar-refractivity contribution in [1.82, 2.24) is 4.90 Å². The molecule has 6 heteroatoms. The Balaban J connectivity index is 1.80. The summed E-state index contributed by atoms with van der Waals surface area (Å²) >= 11 is 3.38. The summed E-state index contributed by atoms with van der Waals surface area (Å²) in [5, 5.41) is 11.1. The van der Waals surface area contributed by atoms with E-state index in [4.69, 9.17) is 4.74 Å². The number of likely N-dealkylation sites (tertiary alicyclic amines) is 1. The summed E-state index contributed by atoms with van der Waals surface area (Å²) in [5.74, 6) is -1.03. The minimum absolute atomic E-state index is 0.0941. The second-order valence-corrected chi connectivity index (χ2v) is 9.33. The largest absolute Gasteiger partial charge is 0.507 e. The van der Waals surface area contributed by atoms with E-state index in [0.717, 1.165) is 22.9 Å². The van der Waals surface area contributed by atoms with E-state index < -0.39 is 17.7 Å². The monoisotopic (exact) mass is 483 g/mol. The third-order valence-electron chi connectivity index (χ3n) is 6.00. The maximum atomic E-state index is 13.1. The molecular formula is C25H26BrNO4. The van der Waals surface area contributed by atoms with E-state index in [0.29, 0.717) is 24.6 Å². The number of ketones is 1. The van der Waals surface area contributed by atoms with Crippen LogP contribution in [0.25, 0.3) is 5.76 Å². The van der Waals surface area contributed by atoms with Crippen molar-refractivity contribution >= 4 is 33.4 Å². The van der Waals surface area contributed by atoms with Gasteiger partial charge in [-0.1, -0.05) is 66.2 Å². The molecule has 2 fully saturated rings. The zero-order chi connectivity index (χ0) is 22.1. The smallest absolute Gasteiger partial charge is 0.295 e. The highest BCUT2D eigenvalue weighted by Gasteiger charge is 2.47. The maximum Gasteiger partial charge on any atom is 0.295 e. The van der Waals surface area contributed by atoms with E-state index in [1.807, 2.05) is 24.3 Å². The highest BCUT2D eigenvalue weighted by molar-refractivity contribution is 9.10. The number of hydrogen-bond donors (Lipinski definition) is 1. The maximum absolute atomic E-state index is 13.1. The van der Waals surface area contributed by atoms with Crippen LogP contribution in [0.1, 0.15) is 55.3 Å². The standard InChI is InChI=1S/C25H26BrNO4/c1-15(2)16-5-7-17(8-6-16)22-21(23(28)18-9-11-19(26)12-10-18)24(29)25(30)27(22)14-20-4-3-13-31-20/h5-12,15,20,22,28H,3-4,13-14H2,1-2H3. The van der Waals surface area contributed by atoms with Gasteiger partial charge in [0, 0.05) is 23.2 Å². The number of carbonyl (C=O) groups is 2. The van der Waals surface area contributed by atoms with Crippen molar-refractivity contribution in [2.24, 2.45) is 0 Å². The molecule has 2 atom stereocenters. The van der Waals surface area contributed by atoms with E-state index in [1.54, 1.807) is 29.2 Å². The van der Waals surface area contributed by atoms with Crippen LogP contribution in [0.15, 0.2) is 58.6 Å². The Morgan fingerprint density at radius 3 is 2.39 bits per heavy atom. The van der Waals surface area contributed by atoms with Crippen molar-refractivity contribution in [3.63, 3.8) is 0 Å². The third kappa shape index (κ3) is 4.32. The van der Waals surface area contributed by atoms with Crippen LogP contribution >= 0.6 is 15.9 Å². The topological polar surface area (TPSA) is 66.8 Å². The average Bonchev–Trinajstić information content (AvgIpc) is 3.36. The molecule has 0 saturated carbocycles. The summed E-state index contributed by atoms with van der Waals surface area (Å²) < 4.78 is 6.60. The van der Waals surface area contributed by atoms with Crippen LogP contribution < -0.4 is 0 Å². The van der Waals surface area contributed by atoms with Gasteiger partial charge in [-0.05, 0) is 42.0 Å². The number of amides is 1. The lowest BCUT2D eigenvalue weighted by Crippen LogP contribution is -2.36. The fourth-order valence-corrected chi connectivity index (χ4v) is 4.51. The zero-order valence-electron chi connectivity index (χ0n) is 17.7. The molecule has 162 valence electrons. The fourth-order valence-electron chi connectivity index (χ4n) is 4.25. The molecule has 2 heterocycles. The van der Waals surface area contributed by atoms with Gasteiger partial charge in [0.15, 0.2) is 0 Å². The first-order chi connectivity index (χ1) is 14.9. The molecule has 0 radical (unpaired) electrons. The molecule has 5 nitrogen and oxygen atoms in total. The van der Waals surface area contributed by atoms with E-state index in [9.17, 15) is 14.7 Å². The number of nitrogens with zero attached hydrogens (tertiary/aromatic N) is 1. The van der Waals surface area contributed by atoms with Crippen molar-refractivity contribution in [1.29, 1.82) is 0 Å². The second kappa shape index (κ2) is 8.97. The number of Topliss-reactive ketones (excluding diaryl/α,β-unsaturated/α-hetero) is 1. The molecule has 2 saturated heterocycles. The highest BCUT2D eigenvalue weighted by Crippen LogP contribution is 2.40. The third-order valence-corrected chi connectivity index (χ3v) is 6.53. The van der Waals surface area contributed by atoms with Crippen molar-refractivity contribution in [3.8, 4) is 0 Å². The van der Waals surface area contributed by atoms with Crippen LogP contribution in [0.3, 0.4) is 0 Å². The quantitative estimate of drug-likeness (QED) is 0.361. The summed E-state index contributed by atoms with van der Waals surface area (Å²) in [7, 11) is 0. The van der Waals surface area contributed by atoms with Crippen molar-refractivity contribution in [2.75, 3.05) is 13.2 Å². The first kappa shape index (κ1) is 21.8. The first-order valence-electron chi connectivity index (χ1n) is 10.6. The van der Waals surface area contributed by atoms with Gasteiger partial charge < -0.3 is 14.7 Å². The number of carbonyl (C=O) groups excluding carboxylic acids is 2. The van der Waals surface area contributed by atoms with E-state index in [1.165, 1.54) is 5.56 Å². The van der Waals surface area contributed by atoms with Crippen LogP contribution in [0.4, 0.5) is 0 Å². The van der Waals surface area contributed by atoms with Gasteiger partial charge in [-0.25, -0.2) is 0 Å². The Labute approximate surface area is 190 Å². The minimum atomic E-state index is -0.656. The van der Waals surface area contributed by atoms with Crippen LogP contribution in [0, 0.1) is 0 Å². The van der Waals surface area contributed by atoms with Crippen LogP contribution in [0.5, 0.6) is 0 Å². The molecule has 2 aliphatic heterocycles. The molecule has 2 aromatic carbocycles. The predicted octanol–water partition coefficient (Wildman–Crippen LogP) is 5.17. The lowest BCUT2D eigenvalue weighted by molar-refractivity contribution is -0.140. The number of benzene rings is 2. The average molecular weight is 484 g/mol. The molecule has 0 aliphatic carbocycles. The Bertz CT molecular complexity index is 1000. The van der Waals surface area contributed by atoms with Gasteiger partial charge >= 0.3 is 0 Å². The number of aliphatic hydroxyl groups is 1. The van der Waals surface area contributed by atoms with Gasteiger partial charge in [-0.2, -0.15) is 0 Å². The number of aliphatic hydroxyl groups excluding tert-OH is 1. The van der Waals surface area contributed by atoms with Crippen LogP contribution in [-0.2, 0) is 14.3 Å². The van der Waals surface area contributed by atoms with E-state index >= 15 is 0 Å². The number of halogens is 1. The molecule has 31 heavy (non-hydrogen) atoms. The summed E-state index contributed by atoms with van der Waals surface area (Å²) in [6.07, 6.45) is 1.71. The molecular weight excluding hydrogens is 458 g/mol. The van der Waals surface area contributed by atoms with E-state index in [-0.39, 0.29) is 17.4 Å². The van der Waals surface area contributed by atoms with Gasteiger partial charge in [0.05, 0.1) is 17.7 Å².